The Labute approximate surface area is 515 Å². The van der Waals surface area contributed by atoms with Gasteiger partial charge < -0.3 is 108 Å². The highest BCUT2D eigenvalue weighted by molar-refractivity contribution is 6.07. The van der Waals surface area contributed by atoms with Crippen LogP contribution >= 0.6 is 0 Å². The topological polar surface area (TPSA) is 462 Å². The van der Waals surface area contributed by atoms with Crippen molar-refractivity contribution in [2.45, 2.75) is 131 Å². The summed E-state index contributed by atoms with van der Waals surface area (Å²) < 4.78 is 56.5. The van der Waals surface area contributed by atoms with Crippen molar-refractivity contribution < 1.29 is 127 Å². The molecule has 4 saturated heterocycles. The number of carbonyl (C=O) groups excluding carboxylic acids is 4. The van der Waals surface area contributed by atoms with Crippen molar-refractivity contribution in [3.8, 4) is 34.5 Å². The summed E-state index contributed by atoms with van der Waals surface area (Å²) in [4.78, 5) is 84.2. The number of rotatable bonds is 20. The van der Waals surface area contributed by atoms with E-state index in [0.717, 1.165) is 34.1 Å². The monoisotopic (exact) mass is 1280 g/mol. The number of benzene rings is 4. The average Bonchev–Trinajstić information content (AvgIpc) is 1.68. The standard InChI is InChI=1S/C57H66N6O28/c1-82-38-18-28-32(60(52(74)30-6-3-12-58(30)50(28)72)56(76)86-24-26-8-10-36(34(16-26)62(78)79)88-54-48(70)46(68)44(66)42(22-64)90-54)20-40(38)84-14-5-15-85-41-21-33-29(19-39(41)83-2)51(73)59-13-4-7-31(59)53(75)61(33)57(77)87-25-27-9-11-37(35(17-27)63(80)81)89-55-49(71)47(69)45(67)43(23-65)91-55/h8-11,16-21,30-31,42-49,52-55,64-71,74-75H,3-7,12-15,22-25H2,1-2H3/t30-,31+,42?,43?,44?,45?,46?,47?,48?,49?,52-,53+,54?,55?. The van der Waals surface area contributed by atoms with Crippen LogP contribution in [0.3, 0.4) is 0 Å². The third-order valence-electron chi connectivity index (χ3n) is 16.4. The minimum Gasteiger partial charge on any atom is -0.493 e. The fourth-order valence-electron chi connectivity index (χ4n) is 11.7. The zero-order valence-electron chi connectivity index (χ0n) is 48.6. The molecule has 492 valence electrons. The van der Waals surface area contributed by atoms with Gasteiger partial charge in [-0.3, -0.25) is 29.8 Å². The molecule has 0 saturated carbocycles. The van der Waals surface area contributed by atoms with Crippen molar-refractivity contribution >= 4 is 46.8 Å². The van der Waals surface area contributed by atoms with Gasteiger partial charge in [0.15, 0.2) is 47.0 Å². The van der Waals surface area contributed by atoms with E-state index < -0.39 is 169 Å². The molecule has 4 aromatic carbocycles. The molecule has 0 aromatic heterocycles. The van der Waals surface area contributed by atoms with Gasteiger partial charge >= 0.3 is 23.6 Å². The fourth-order valence-corrected chi connectivity index (χ4v) is 11.7. The molecule has 4 amide bonds. The number of nitro groups is 2. The van der Waals surface area contributed by atoms with E-state index in [9.17, 15) is 90.5 Å². The van der Waals surface area contributed by atoms with E-state index in [-0.39, 0.29) is 89.4 Å². The highest BCUT2D eigenvalue weighted by Crippen LogP contribution is 2.44. The molecule has 6 aliphatic rings. The first kappa shape index (κ1) is 65.4. The molecule has 6 heterocycles. The van der Waals surface area contributed by atoms with Crippen LogP contribution in [0.2, 0.25) is 0 Å². The number of hydrogen-bond acceptors (Lipinski definition) is 28. The second-order valence-corrected chi connectivity index (χ2v) is 21.9. The van der Waals surface area contributed by atoms with Crippen LogP contribution < -0.4 is 38.2 Å². The van der Waals surface area contributed by atoms with E-state index in [1.54, 1.807) is 0 Å². The number of aliphatic hydroxyl groups excluding tert-OH is 10. The van der Waals surface area contributed by atoms with Crippen LogP contribution in [0.4, 0.5) is 32.3 Å². The van der Waals surface area contributed by atoms with E-state index in [1.807, 2.05) is 0 Å². The lowest BCUT2D eigenvalue weighted by Gasteiger charge is -2.39. The van der Waals surface area contributed by atoms with E-state index >= 15 is 0 Å². The molecule has 10 rings (SSSR count). The van der Waals surface area contributed by atoms with Gasteiger partial charge in [-0.05, 0) is 61.1 Å². The summed E-state index contributed by atoms with van der Waals surface area (Å²) in [7, 11) is 2.62. The van der Waals surface area contributed by atoms with Crippen molar-refractivity contribution in [2.75, 3.05) is 63.5 Å². The normalized spacial score (nSPS) is 27.7. The van der Waals surface area contributed by atoms with E-state index in [0.29, 0.717) is 25.7 Å². The van der Waals surface area contributed by atoms with Gasteiger partial charge in [-0.1, -0.05) is 12.1 Å². The third-order valence-corrected chi connectivity index (χ3v) is 16.4. The number of methoxy groups -OCH3 is 2. The Balaban J connectivity index is 0.835. The van der Waals surface area contributed by atoms with E-state index in [1.165, 1.54) is 60.4 Å². The second-order valence-electron chi connectivity index (χ2n) is 21.9. The Bertz CT molecular complexity index is 3180. The van der Waals surface area contributed by atoms with Gasteiger partial charge in [-0.25, -0.2) is 19.4 Å². The number of hydrogen-bond donors (Lipinski definition) is 10. The number of carbonyl (C=O) groups is 4. The van der Waals surface area contributed by atoms with Gasteiger partial charge in [0, 0.05) is 43.8 Å². The lowest BCUT2D eigenvalue weighted by Crippen LogP contribution is -2.60. The van der Waals surface area contributed by atoms with Crippen LogP contribution in [0.1, 0.15) is 63.9 Å². The van der Waals surface area contributed by atoms with Crippen molar-refractivity contribution in [1.82, 2.24) is 9.80 Å². The Morgan fingerprint density at radius 1 is 0.549 bits per heavy atom. The highest BCUT2D eigenvalue weighted by Gasteiger charge is 2.50. The first-order valence-corrected chi connectivity index (χ1v) is 28.7. The molecular formula is C57H66N6O28. The molecule has 10 unspecified atom stereocenters. The smallest absolute Gasteiger partial charge is 0.416 e. The summed E-state index contributed by atoms with van der Waals surface area (Å²) in [6.45, 7) is -2.64. The summed E-state index contributed by atoms with van der Waals surface area (Å²) in [5.74, 6) is -1.93. The molecule has 6 aliphatic heterocycles. The van der Waals surface area contributed by atoms with Crippen LogP contribution in [-0.2, 0) is 32.2 Å². The fraction of sp³-hybridized carbons (Fsp3) is 0.509. The Kier molecular flexibility index (Phi) is 19.8. The number of aliphatic hydroxyl groups is 10. The number of fused-ring (bicyclic) bond motifs is 4. The summed E-state index contributed by atoms with van der Waals surface area (Å²) in [6.07, 6.45) is -21.2. The van der Waals surface area contributed by atoms with Crippen LogP contribution in [0, 0.1) is 20.2 Å². The van der Waals surface area contributed by atoms with Crippen LogP contribution in [0.25, 0.3) is 0 Å². The molecule has 0 spiro atoms. The lowest BCUT2D eigenvalue weighted by atomic mass is 9.99. The van der Waals surface area contributed by atoms with Crippen LogP contribution in [0.15, 0.2) is 60.7 Å². The molecule has 14 atom stereocenters. The van der Waals surface area contributed by atoms with Gasteiger partial charge in [0.05, 0.1) is 85.1 Å². The molecular weight excluding hydrogens is 1220 g/mol. The third kappa shape index (κ3) is 12.9. The molecule has 34 heteroatoms. The molecule has 4 fully saturated rings. The molecule has 34 nitrogen and oxygen atoms in total. The Morgan fingerprint density at radius 2 is 0.945 bits per heavy atom. The minimum absolute atomic E-state index is 0.0106. The summed E-state index contributed by atoms with van der Waals surface area (Å²) in [5.41, 5.74) is -1.74. The van der Waals surface area contributed by atoms with Gasteiger partial charge in [0.1, 0.15) is 62.0 Å². The van der Waals surface area contributed by atoms with Gasteiger partial charge in [0.2, 0.25) is 12.6 Å². The summed E-state index contributed by atoms with van der Waals surface area (Å²) in [6, 6.07) is 10.2. The largest absolute Gasteiger partial charge is 0.493 e. The zero-order chi connectivity index (χ0) is 65.3. The average molecular weight is 1280 g/mol. The first-order valence-electron chi connectivity index (χ1n) is 28.7. The Hall–Kier alpha value is -8.52. The van der Waals surface area contributed by atoms with Crippen molar-refractivity contribution in [2.24, 2.45) is 0 Å². The molecule has 0 aliphatic carbocycles. The zero-order valence-corrected chi connectivity index (χ0v) is 48.6. The van der Waals surface area contributed by atoms with Crippen molar-refractivity contribution in [1.29, 1.82) is 0 Å². The molecule has 0 bridgehead atoms. The van der Waals surface area contributed by atoms with Crippen molar-refractivity contribution in [3.63, 3.8) is 0 Å². The van der Waals surface area contributed by atoms with Gasteiger partial charge in [-0.15, -0.1) is 0 Å². The minimum atomic E-state index is -1.88. The van der Waals surface area contributed by atoms with E-state index in [2.05, 4.69) is 0 Å². The maximum Gasteiger partial charge on any atom is 0.416 e. The number of amides is 4. The number of anilines is 2. The second kappa shape index (κ2) is 27.5. The quantitative estimate of drug-likeness (QED) is 0.0313. The van der Waals surface area contributed by atoms with Crippen molar-refractivity contribution in [3.05, 3.63) is 103 Å². The highest BCUT2D eigenvalue weighted by atomic mass is 16.7. The summed E-state index contributed by atoms with van der Waals surface area (Å²) in [5, 5.41) is 129. The predicted octanol–water partition coefficient (Wildman–Crippen LogP) is -0.115. The maximum absolute atomic E-state index is 14.3. The predicted molar refractivity (Wildman–Crippen MR) is 302 cm³/mol. The SMILES string of the molecule is COc1cc2c(cc1OCCCOc1cc3c(cc1OC)C(=O)N1CCC[C@H]1[C@H](O)N3C(=O)OCc1ccc(OC3OC(CO)C(O)C(O)C3O)c([N+](=O)[O-])c1)N(C(=O)OCc1ccc(OC3OC(CO)C(O)C(O)C3O)c([N+](=O)[O-])c1)[C@H](O)[C@H]1CCCN1C2=O. The number of nitrogens with zero attached hydrogens (tertiary/aromatic N) is 6. The maximum atomic E-state index is 14.3. The number of nitro benzene ring substituents is 2. The lowest BCUT2D eigenvalue weighted by molar-refractivity contribution is -0.387. The first-order chi connectivity index (χ1) is 43.6. The number of ether oxygens (including phenoxy) is 10. The molecule has 10 N–H and O–H groups in total. The van der Waals surface area contributed by atoms with Crippen LogP contribution in [-0.4, -0.2) is 234 Å². The Morgan fingerprint density at radius 3 is 1.31 bits per heavy atom. The van der Waals surface area contributed by atoms with E-state index in [4.69, 9.17) is 47.4 Å². The molecule has 0 radical (unpaired) electrons. The molecule has 91 heavy (non-hydrogen) atoms. The summed E-state index contributed by atoms with van der Waals surface area (Å²) >= 11 is 0. The van der Waals surface area contributed by atoms with Crippen LogP contribution in [0.5, 0.6) is 34.5 Å². The van der Waals surface area contributed by atoms with Gasteiger partial charge in [0.25, 0.3) is 11.8 Å². The van der Waals surface area contributed by atoms with Gasteiger partial charge in [-0.2, -0.15) is 0 Å². The molecule has 4 aromatic rings.